The van der Waals surface area contributed by atoms with Crippen LogP contribution in [-0.4, -0.2) is 56.1 Å². The molecule has 0 saturated carbocycles. The van der Waals surface area contributed by atoms with E-state index in [0.717, 1.165) is 0 Å². The first-order chi connectivity index (χ1) is 12.7. The lowest BCUT2D eigenvalue weighted by Gasteiger charge is -2.21. The number of aliphatic hydroxyl groups excluding tert-OH is 1. The van der Waals surface area contributed by atoms with E-state index in [-0.39, 0.29) is 16.8 Å². The van der Waals surface area contributed by atoms with Crippen molar-refractivity contribution in [3.63, 3.8) is 0 Å². The Bertz CT molecular complexity index is 745. The summed E-state index contributed by atoms with van der Waals surface area (Å²) in [6.07, 6.45) is 0.676. The Morgan fingerprint density at radius 3 is 2.56 bits per heavy atom. The second kappa shape index (κ2) is 8.01. The smallest absolute Gasteiger partial charge is 0.178 e. The summed E-state index contributed by atoms with van der Waals surface area (Å²) in [6.45, 7) is 7.84. The average Bonchev–Trinajstić information content (AvgIpc) is 3.10. The van der Waals surface area contributed by atoms with E-state index < -0.39 is 39.9 Å². The quantitative estimate of drug-likeness (QED) is 0.713. The van der Waals surface area contributed by atoms with Crippen LogP contribution >= 0.6 is 0 Å². The molecule has 1 aromatic rings. The van der Waals surface area contributed by atoms with E-state index in [1.54, 1.807) is 36.4 Å². The Morgan fingerprint density at radius 2 is 1.96 bits per heavy atom. The second-order valence-corrected chi connectivity index (χ2v) is 9.71. The number of hydrogen-bond acceptors (Lipinski definition) is 6. The molecular weight excluding hydrogens is 368 g/mol. The van der Waals surface area contributed by atoms with Crippen LogP contribution < -0.4 is 0 Å². The maximum Gasteiger partial charge on any atom is 0.178 e. The number of ether oxygens (including phenoxy) is 3. The molecule has 1 N–H and O–H groups in total. The first-order valence-corrected chi connectivity index (χ1v) is 10.9. The standard InChI is InChI=1S/C20H28O6S/c1-4-8-17-16(13-27(22,23)15-9-6-5-7-10-15)19(21)18(25-17)11-14-12-24-20(2,3)26-14/h4-7,9-10,14,16-19,21H,1,8,11-13H2,2-3H3/t14?,16-,17-,18+,19+/m0/s1. The summed E-state index contributed by atoms with van der Waals surface area (Å²) in [5.41, 5.74) is 0. The Kier molecular flexibility index (Phi) is 6.08. The summed E-state index contributed by atoms with van der Waals surface area (Å²) in [7, 11) is -3.53. The summed E-state index contributed by atoms with van der Waals surface area (Å²) in [6, 6.07) is 8.30. The molecule has 0 amide bonds. The van der Waals surface area contributed by atoms with Gasteiger partial charge in [-0.05, 0) is 32.4 Å². The normalized spacial score (nSPS) is 33.2. The fourth-order valence-corrected chi connectivity index (χ4v) is 5.50. The first-order valence-electron chi connectivity index (χ1n) is 9.26. The summed E-state index contributed by atoms with van der Waals surface area (Å²) < 4.78 is 43.0. The van der Waals surface area contributed by atoms with Crippen molar-refractivity contribution in [1.29, 1.82) is 0 Å². The molecule has 2 heterocycles. The summed E-state index contributed by atoms with van der Waals surface area (Å²) in [5, 5.41) is 10.8. The largest absolute Gasteiger partial charge is 0.390 e. The van der Waals surface area contributed by atoms with Gasteiger partial charge in [-0.25, -0.2) is 8.42 Å². The minimum Gasteiger partial charge on any atom is -0.390 e. The van der Waals surface area contributed by atoms with Gasteiger partial charge in [0.25, 0.3) is 0 Å². The third-order valence-corrected chi connectivity index (χ3v) is 6.94. The van der Waals surface area contributed by atoms with Crippen molar-refractivity contribution in [3.8, 4) is 0 Å². The number of sulfone groups is 1. The van der Waals surface area contributed by atoms with Crippen LogP contribution in [0.25, 0.3) is 0 Å². The third kappa shape index (κ3) is 4.78. The van der Waals surface area contributed by atoms with Crippen molar-refractivity contribution in [1.82, 2.24) is 0 Å². The SMILES string of the molecule is C=CC[C@@H]1O[C@H](CC2COC(C)(C)O2)[C@H](O)[C@H]1CS(=O)(=O)c1ccccc1. The maximum atomic E-state index is 12.8. The minimum absolute atomic E-state index is 0.166. The van der Waals surface area contributed by atoms with Crippen molar-refractivity contribution >= 4 is 9.84 Å². The number of rotatable bonds is 7. The fourth-order valence-electron chi connectivity index (χ4n) is 3.81. The van der Waals surface area contributed by atoms with Crippen LogP contribution in [0.3, 0.4) is 0 Å². The molecule has 0 bridgehead atoms. The molecule has 1 aromatic carbocycles. The second-order valence-electron chi connectivity index (χ2n) is 7.67. The highest BCUT2D eigenvalue weighted by Gasteiger charge is 2.47. The predicted octanol–water partition coefficient (Wildman–Crippen LogP) is 2.32. The first kappa shape index (κ1) is 20.5. The van der Waals surface area contributed by atoms with Crippen LogP contribution in [0.5, 0.6) is 0 Å². The van der Waals surface area contributed by atoms with Gasteiger partial charge in [0.1, 0.15) is 0 Å². The summed E-state index contributed by atoms with van der Waals surface area (Å²) >= 11 is 0. The van der Waals surface area contributed by atoms with Gasteiger partial charge in [0.2, 0.25) is 0 Å². The highest BCUT2D eigenvalue weighted by atomic mass is 32.2. The Balaban J connectivity index is 1.72. The molecular formula is C20H28O6S. The van der Waals surface area contributed by atoms with Crippen molar-refractivity contribution in [2.75, 3.05) is 12.4 Å². The van der Waals surface area contributed by atoms with Gasteiger partial charge in [0.15, 0.2) is 15.6 Å². The zero-order chi connectivity index (χ0) is 19.7. The zero-order valence-corrected chi connectivity index (χ0v) is 16.6. The molecule has 150 valence electrons. The van der Waals surface area contributed by atoms with Gasteiger partial charge in [0, 0.05) is 12.3 Å². The highest BCUT2D eigenvalue weighted by Crippen LogP contribution is 2.36. The number of aliphatic hydroxyl groups is 1. The maximum absolute atomic E-state index is 12.8. The molecule has 0 radical (unpaired) electrons. The summed E-state index contributed by atoms with van der Waals surface area (Å²) in [5.74, 6) is -1.33. The van der Waals surface area contributed by atoms with E-state index in [9.17, 15) is 13.5 Å². The van der Waals surface area contributed by atoms with Gasteiger partial charge in [-0.2, -0.15) is 0 Å². The van der Waals surface area contributed by atoms with Crippen LogP contribution in [0, 0.1) is 5.92 Å². The van der Waals surface area contributed by atoms with Crippen LogP contribution in [0.4, 0.5) is 0 Å². The molecule has 27 heavy (non-hydrogen) atoms. The lowest BCUT2D eigenvalue weighted by atomic mass is 9.94. The molecule has 0 aromatic heterocycles. The molecule has 0 spiro atoms. The van der Waals surface area contributed by atoms with Crippen LogP contribution in [0.1, 0.15) is 26.7 Å². The van der Waals surface area contributed by atoms with E-state index in [1.807, 2.05) is 13.8 Å². The third-order valence-electron chi connectivity index (χ3n) is 5.12. The van der Waals surface area contributed by atoms with Gasteiger partial charge in [-0.15, -0.1) is 6.58 Å². The van der Waals surface area contributed by atoms with Crippen molar-refractivity contribution in [3.05, 3.63) is 43.0 Å². The Labute approximate surface area is 161 Å². The predicted molar refractivity (Wildman–Crippen MR) is 101 cm³/mol. The Hall–Kier alpha value is -1.25. The molecule has 2 fully saturated rings. The van der Waals surface area contributed by atoms with E-state index in [0.29, 0.717) is 19.4 Å². The lowest BCUT2D eigenvalue weighted by Crippen LogP contribution is -2.35. The molecule has 6 nitrogen and oxygen atoms in total. The zero-order valence-electron chi connectivity index (χ0n) is 15.8. The van der Waals surface area contributed by atoms with Crippen LogP contribution in [-0.2, 0) is 24.0 Å². The van der Waals surface area contributed by atoms with E-state index in [4.69, 9.17) is 14.2 Å². The van der Waals surface area contributed by atoms with Crippen molar-refractivity contribution in [2.45, 2.75) is 61.8 Å². The monoisotopic (exact) mass is 396 g/mol. The van der Waals surface area contributed by atoms with Gasteiger partial charge in [-0.3, -0.25) is 0 Å². The Morgan fingerprint density at radius 1 is 1.26 bits per heavy atom. The molecule has 3 rings (SSSR count). The van der Waals surface area contributed by atoms with E-state index in [1.165, 1.54) is 0 Å². The van der Waals surface area contributed by atoms with Gasteiger partial charge >= 0.3 is 0 Å². The molecule has 2 aliphatic heterocycles. The van der Waals surface area contributed by atoms with Gasteiger partial charge in [-0.1, -0.05) is 24.3 Å². The van der Waals surface area contributed by atoms with E-state index in [2.05, 4.69) is 6.58 Å². The molecule has 5 atom stereocenters. The van der Waals surface area contributed by atoms with Crippen LogP contribution in [0.15, 0.2) is 47.9 Å². The highest BCUT2D eigenvalue weighted by molar-refractivity contribution is 7.91. The fraction of sp³-hybridized carbons (Fsp3) is 0.600. The lowest BCUT2D eigenvalue weighted by molar-refractivity contribution is -0.143. The number of benzene rings is 1. The van der Waals surface area contributed by atoms with E-state index >= 15 is 0 Å². The topological polar surface area (TPSA) is 82.1 Å². The molecule has 1 unspecified atom stereocenters. The van der Waals surface area contributed by atoms with Crippen LogP contribution in [0.2, 0.25) is 0 Å². The molecule has 2 aliphatic rings. The van der Waals surface area contributed by atoms with Gasteiger partial charge in [0.05, 0.1) is 41.7 Å². The average molecular weight is 397 g/mol. The van der Waals surface area contributed by atoms with Crippen molar-refractivity contribution < 1.29 is 27.7 Å². The summed E-state index contributed by atoms with van der Waals surface area (Å²) in [4.78, 5) is 0.257. The number of hydrogen-bond donors (Lipinski definition) is 1. The van der Waals surface area contributed by atoms with Crippen molar-refractivity contribution in [2.24, 2.45) is 5.92 Å². The molecule has 2 saturated heterocycles. The minimum atomic E-state index is -3.53. The van der Waals surface area contributed by atoms with Gasteiger partial charge < -0.3 is 19.3 Å². The molecule has 7 heteroatoms. The molecule has 0 aliphatic carbocycles.